The van der Waals surface area contributed by atoms with E-state index in [1.165, 1.54) is 5.56 Å². The Bertz CT molecular complexity index is 734. The van der Waals surface area contributed by atoms with Crippen LogP contribution in [0.1, 0.15) is 39.4 Å². The van der Waals surface area contributed by atoms with Gasteiger partial charge in [0.2, 0.25) is 0 Å². The lowest BCUT2D eigenvalue weighted by Crippen LogP contribution is -2.25. The topological polar surface area (TPSA) is 59.8 Å². The van der Waals surface area contributed by atoms with Crippen LogP contribution in [0.2, 0.25) is 0 Å². The van der Waals surface area contributed by atoms with Crippen molar-refractivity contribution in [2.45, 2.75) is 32.0 Å². The van der Waals surface area contributed by atoms with E-state index in [1.807, 2.05) is 7.05 Å². The van der Waals surface area contributed by atoms with Crippen LogP contribution in [0.25, 0.3) is 0 Å². The second kappa shape index (κ2) is 5.68. The predicted molar refractivity (Wildman–Crippen MR) is 75.6 cm³/mol. The minimum Gasteiger partial charge on any atom is -0.346 e. The Morgan fingerprint density at radius 1 is 1.35 bits per heavy atom. The van der Waals surface area contributed by atoms with E-state index < -0.39 is 17.8 Å². The Morgan fingerprint density at radius 2 is 2.13 bits per heavy atom. The van der Waals surface area contributed by atoms with Crippen LogP contribution in [-0.2, 0) is 32.6 Å². The van der Waals surface area contributed by atoms with Crippen molar-refractivity contribution in [2.24, 2.45) is 7.05 Å². The molecule has 0 saturated carbocycles. The largest absolute Gasteiger partial charge is 0.433 e. The molecule has 122 valence electrons. The maximum atomic E-state index is 12.5. The molecule has 1 N–H and O–H groups in total. The lowest BCUT2D eigenvalue weighted by atomic mass is 10.2. The van der Waals surface area contributed by atoms with E-state index in [0.717, 1.165) is 49.0 Å². The van der Waals surface area contributed by atoms with Gasteiger partial charge in [-0.2, -0.15) is 18.3 Å². The number of hydrogen-bond donors (Lipinski definition) is 1. The monoisotopic (exact) mass is 324 g/mol. The molecule has 5 nitrogen and oxygen atoms in total. The lowest BCUT2D eigenvalue weighted by Gasteiger charge is -2.09. The summed E-state index contributed by atoms with van der Waals surface area (Å²) in [5, 5.41) is 7.12. The molecular formula is C15H15F3N4O. The van der Waals surface area contributed by atoms with Gasteiger partial charge in [-0.1, -0.05) is 0 Å². The maximum Gasteiger partial charge on any atom is 0.433 e. The Morgan fingerprint density at radius 3 is 2.78 bits per heavy atom. The molecular weight excluding hydrogens is 309 g/mol. The third kappa shape index (κ3) is 3.06. The Kier molecular flexibility index (Phi) is 3.83. The molecule has 0 unspecified atom stereocenters. The number of carbonyl (C=O) groups excluding carboxylic acids is 1. The van der Waals surface area contributed by atoms with Crippen LogP contribution in [0.4, 0.5) is 13.2 Å². The molecule has 0 aromatic carbocycles. The standard InChI is InChI=1S/C15H15F3N4O/c1-22-12(10-3-2-4-11(10)21-22)8-20-14(23)9-5-6-13(19-7-9)15(16,17)18/h5-7H,2-4,8H2,1H3,(H,20,23). The second-order valence-electron chi connectivity index (χ2n) is 5.46. The van der Waals surface area contributed by atoms with Gasteiger partial charge < -0.3 is 5.32 Å². The average Bonchev–Trinajstić information content (AvgIpc) is 3.05. The number of hydrogen-bond acceptors (Lipinski definition) is 3. The fourth-order valence-corrected chi connectivity index (χ4v) is 2.77. The molecule has 1 amide bonds. The van der Waals surface area contributed by atoms with E-state index >= 15 is 0 Å². The van der Waals surface area contributed by atoms with E-state index in [-0.39, 0.29) is 5.56 Å². The molecule has 0 saturated heterocycles. The number of nitrogens with one attached hydrogen (secondary N) is 1. The van der Waals surface area contributed by atoms with Crippen LogP contribution < -0.4 is 5.32 Å². The summed E-state index contributed by atoms with van der Waals surface area (Å²) in [5.41, 5.74) is 2.24. The van der Waals surface area contributed by atoms with Crippen molar-refractivity contribution in [1.29, 1.82) is 0 Å². The van der Waals surface area contributed by atoms with Crippen LogP contribution in [0.15, 0.2) is 18.3 Å². The van der Waals surface area contributed by atoms with Crippen molar-refractivity contribution in [3.63, 3.8) is 0 Å². The first-order chi connectivity index (χ1) is 10.9. The number of halogens is 3. The summed E-state index contributed by atoms with van der Waals surface area (Å²) in [6.45, 7) is 0.290. The van der Waals surface area contributed by atoms with Crippen LogP contribution in [0.3, 0.4) is 0 Å². The number of fused-ring (bicyclic) bond motifs is 1. The fourth-order valence-electron chi connectivity index (χ4n) is 2.77. The van der Waals surface area contributed by atoms with E-state index in [2.05, 4.69) is 15.4 Å². The average molecular weight is 324 g/mol. The molecule has 23 heavy (non-hydrogen) atoms. The summed E-state index contributed by atoms with van der Waals surface area (Å²) < 4.78 is 39.1. The lowest BCUT2D eigenvalue weighted by molar-refractivity contribution is -0.141. The van der Waals surface area contributed by atoms with E-state index in [9.17, 15) is 18.0 Å². The van der Waals surface area contributed by atoms with Crippen LogP contribution >= 0.6 is 0 Å². The summed E-state index contributed by atoms with van der Waals surface area (Å²) in [5.74, 6) is -0.459. The van der Waals surface area contributed by atoms with Crippen molar-refractivity contribution < 1.29 is 18.0 Å². The van der Waals surface area contributed by atoms with Gasteiger partial charge in [0.05, 0.1) is 23.5 Å². The SMILES string of the molecule is Cn1nc2c(c1CNC(=O)c1ccc(C(F)(F)F)nc1)CCC2. The van der Waals surface area contributed by atoms with E-state index in [4.69, 9.17) is 0 Å². The second-order valence-corrected chi connectivity index (χ2v) is 5.46. The third-order valence-electron chi connectivity index (χ3n) is 3.93. The summed E-state index contributed by atoms with van der Waals surface area (Å²) in [6, 6.07) is 1.93. The first kappa shape index (κ1) is 15.5. The molecule has 2 aromatic heterocycles. The quantitative estimate of drug-likeness (QED) is 0.942. The van der Waals surface area contributed by atoms with Crippen LogP contribution in [0, 0.1) is 0 Å². The molecule has 0 fully saturated rings. The van der Waals surface area contributed by atoms with Crippen molar-refractivity contribution in [1.82, 2.24) is 20.1 Å². The Hall–Kier alpha value is -2.38. The van der Waals surface area contributed by atoms with Crippen molar-refractivity contribution in [3.8, 4) is 0 Å². The highest BCUT2D eigenvalue weighted by Crippen LogP contribution is 2.27. The van der Waals surface area contributed by atoms with Crippen molar-refractivity contribution in [2.75, 3.05) is 0 Å². The first-order valence-corrected chi connectivity index (χ1v) is 7.21. The Labute approximate surface area is 130 Å². The van der Waals surface area contributed by atoms with Gasteiger partial charge in [0.15, 0.2) is 0 Å². The summed E-state index contributed by atoms with van der Waals surface area (Å²) >= 11 is 0. The minimum absolute atomic E-state index is 0.0943. The molecule has 0 bridgehead atoms. The molecule has 3 rings (SSSR count). The Balaban J connectivity index is 1.68. The third-order valence-corrected chi connectivity index (χ3v) is 3.93. The summed E-state index contributed by atoms with van der Waals surface area (Å²) in [7, 11) is 1.82. The molecule has 0 atom stereocenters. The molecule has 2 aromatic rings. The van der Waals surface area contributed by atoms with Gasteiger partial charge in [0.1, 0.15) is 5.69 Å². The van der Waals surface area contributed by atoms with Crippen LogP contribution in [0.5, 0.6) is 0 Å². The molecule has 1 aliphatic rings. The smallest absolute Gasteiger partial charge is 0.346 e. The molecule has 0 spiro atoms. The zero-order valence-corrected chi connectivity index (χ0v) is 12.4. The zero-order chi connectivity index (χ0) is 16.6. The number of pyridine rings is 1. The van der Waals surface area contributed by atoms with Gasteiger partial charge >= 0.3 is 6.18 Å². The molecule has 2 heterocycles. The molecule has 1 aliphatic carbocycles. The number of rotatable bonds is 3. The number of amides is 1. The molecule has 0 aliphatic heterocycles. The van der Waals surface area contributed by atoms with Gasteiger partial charge in [-0.25, -0.2) is 0 Å². The highest BCUT2D eigenvalue weighted by atomic mass is 19.4. The summed E-state index contributed by atoms with van der Waals surface area (Å²) in [4.78, 5) is 15.3. The number of alkyl halides is 3. The van der Waals surface area contributed by atoms with Gasteiger partial charge in [0.25, 0.3) is 5.91 Å². The molecule has 8 heteroatoms. The zero-order valence-electron chi connectivity index (χ0n) is 12.4. The van der Waals surface area contributed by atoms with Crippen LogP contribution in [-0.4, -0.2) is 20.7 Å². The fraction of sp³-hybridized carbons (Fsp3) is 0.400. The normalized spacial score (nSPS) is 13.9. The molecule has 0 radical (unpaired) electrons. The van der Waals surface area contributed by atoms with E-state index in [0.29, 0.717) is 6.54 Å². The van der Waals surface area contributed by atoms with Gasteiger partial charge in [-0.05, 0) is 37.0 Å². The number of nitrogens with zero attached hydrogens (tertiary/aromatic N) is 3. The first-order valence-electron chi connectivity index (χ1n) is 7.21. The highest BCUT2D eigenvalue weighted by molar-refractivity contribution is 5.93. The van der Waals surface area contributed by atoms with E-state index in [1.54, 1.807) is 4.68 Å². The van der Waals surface area contributed by atoms with Crippen molar-refractivity contribution >= 4 is 5.91 Å². The predicted octanol–water partition coefficient (Wildman–Crippen LogP) is 2.25. The van der Waals surface area contributed by atoms with Crippen molar-refractivity contribution in [3.05, 3.63) is 46.5 Å². The summed E-state index contributed by atoms with van der Waals surface area (Å²) in [6.07, 6.45) is -0.630. The highest BCUT2D eigenvalue weighted by Gasteiger charge is 2.32. The minimum atomic E-state index is -4.51. The number of aryl methyl sites for hydroxylation is 2. The maximum absolute atomic E-state index is 12.5. The van der Waals surface area contributed by atoms with Gasteiger partial charge in [0, 0.05) is 13.2 Å². The van der Waals surface area contributed by atoms with Gasteiger partial charge in [-0.15, -0.1) is 0 Å². The van der Waals surface area contributed by atoms with Gasteiger partial charge in [-0.3, -0.25) is 14.5 Å². The number of aromatic nitrogens is 3. The number of carbonyl (C=O) groups is 1.